The molecule has 1 aromatic carbocycles. The van der Waals surface area contributed by atoms with Gasteiger partial charge in [0, 0.05) is 6.42 Å². The molecular weight excluding hydrogens is 542 g/mol. The Morgan fingerprint density at radius 3 is 2.32 bits per heavy atom. The molecule has 0 radical (unpaired) electrons. The molecule has 2 amide bonds. The van der Waals surface area contributed by atoms with Crippen molar-refractivity contribution in [3.8, 4) is 0 Å². The van der Waals surface area contributed by atoms with Crippen LogP contribution in [-0.2, 0) is 35.0 Å². The lowest BCUT2D eigenvalue weighted by Gasteiger charge is -2.30. The summed E-state index contributed by atoms with van der Waals surface area (Å²) >= 11 is 1.43. The van der Waals surface area contributed by atoms with E-state index in [0.29, 0.717) is 17.7 Å². The third-order valence-corrected chi connectivity index (χ3v) is 7.72. The number of unbranched alkanes of at least 4 members (excludes halogenated alkanes) is 4. The molecule has 0 saturated carbocycles. The summed E-state index contributed by atoms with van der Waals surface area (Å²) in [5.74, 6) is -1.46. The molecule has 0 bridgehead atoms. The van der Waals surface area contributed by atoms with Crippen LogP contribution in [0.25, 0.3) is 0 Å². The number of amides is 2. The van der Waals surface area contributed by atoms with Crippen molar-refractivity contribution in [3.63, 3.8) is 0 Å². The number of benzene rings is 1. The molecular formula is C32H43NO7S. The molecule has 1 aliphatic rings. The van der Waals surface area contributed by atoms with Gasteiger partial charge in [-0.25, -0.2) is 9.69 Å². The summed E-state index contributed by atoms with van der Waals surface area (Å²) in [7, 11) is 2.41. The number of carbonyl (C=O) groups is 4. The Morgan fingerprint density at radius 2 is 1.71 bits per heavy atom. The average Bonchev–Trinajstić information content (AvgIpc) is 3.35. The van der Waals surface area contributed by atoms with E-state index in [1.165, 1.54) is 26.0 Å². The Morgan fingerprint density at radius 1 is 1.05 bits per heavy atom. The van der Waals surface area contributed by atoms with Gasteiger partial charge in [0.15, 0.2) is 5.41 Å². The van der Waals surface area contributed by atoms with E-state index >= 15 is 0 Å². The number of hydrogen-bond acceptors (Lipinski definition) is 8. The fourth-order valence-electron chi connectivity index (χ4n) is 4.77. The number of cyclic esters (lactones) is 1. The summed E-state index contributed by atoms with van der Waals surface area (Å²) in [6, 6.07) is 9.02. The van der Waals surface area contributed by atoms with E-state index in [4.69, 9.17) is 14.2 Å². The highest BCUT2D eigenvalue weighted by atomic mass is 32.2. The van der Waals surface area contributed by atoms with Crippen molar-refractivity contribution in [3.05, 3.63) is 71.2 Å². The highest BCUT2D eigenvalue weighted by Gasteiger charge is 2.51. The lowest BCUT2D eigenvalue weighted by molar-refractivity contribution is -0.166. The Bertz CT molecular complexity index is 1080. The molecule has 0 aromatic heterocycles. The minimum Gasteiger partial charge on any atom is -0.468 e. The van der Waals surface area contributed by atoms with Gasteiger partial charge in [-0.2, -0.15) is 0 Å². The van der Waals surface area contributed by atoms with Crippen LogP contribution < -0.4 is 0 Å². The van der Waals surface area contributed by atoms with E-state index in [2.05, 4.69) is 6.08 Å². The lowest BCUT2D eigenvalue weighted by Crippen LogP contribution is -2.45. The molecule has 1 atom stereocenters. The minimum absolute atomic E-state index is 0.0778. The largest absolute Gasteiger partial charge is 0.468 e. The second kappa shape index (κ2) is 18.2. The molecule has 9 heteroatoms. The molecule has 41 heavy (non-hydrogen) atoms. The van der Waals surface area contributed by atoms with Crippen LogP contribution in [0.2, 0.25) is 0 Å². The van der Waals surface area contributed by atoms with Gasteiger partial charge in [-0.3, -0.25) is 14.4 Å². The van der Waals surface area contributed by atoms with Gasteiger partial charge in [0.25, 0.3) is 0 Å². The zero-order valence-corrected chi connectivity index (χ0v) is 25.5. The first-order chi connectivity index (χ1) is 19.8. The fraction of sp³-hybridized carbons (Fsp3) is 0.500. The van der Waals surface area contributed by atoms with Crippen molar-refractivity contribution in [2.45, 2.75) is 71.3 Å². The number of ether oxygens (including phenoxy) is 3. The number of nitrogens with zero attached hydrogens (tertiary/aromatic N) is 1. The van der Waals surface area contributed by atoms with Gasteiger partial charge in [0.1, 0.15) is 6.61 Å². The third kappa shape index (κ3) is 9.63. The molecule has 1 heterocycles. The smallest absolute Gasteiger partial charge is 0.416 e. The second-order valence-corrected chi connectivity index (χ2v) is 10.9. The molecule has 1 fully saturated rings. The maximum Gasteiger partial charge on any atom is 0.416 e. The van der Waals surface area contributed by atoms with Crippen LogP contribution in [-0.4, -0.2) is 61.5 Å². The van der Waals surface area contributed by atoms with Crippen LogP contribution in [0, 0.1) is 5.41 Å². The number of methoxy groups -OCH3 is 2. The zero-order valence-electron chi connectivity index (χ0n) is 24.6. The predicted molar refractivity (Wildman–Crippen MR) is 161 cm³/mol. The van der Waals surface area contributed by atoms with Crippen molar-refractivity contribution in [2.24, 2.45) is 5.41 Å². The zero-order chi connectivity index (χ0) is 30.1. The first-order valence-corrected chi connectivity index (χ1v) is 15.2. The molecule has 2 rings (SSSR count). The summed E-state index contributed by atoms with van der Waals surface area (Å²) in [5.41, 5.74) is -0.516. The Kier molecular flexibility index (Phi) is 15.0. The second-order valence-electron chi connectivity index (χ2n) is 9.71. The first-order valence-electron chi connectivity index (χ1n) is 14.1. The Labute approximate surface area is 248 Å². The van der Waals surface area contributed by atoms with Gasteiger partial charge in [0.2, 0.25) is 5.91 Å². The number of allylic oxidation sites excluding steroid dienone is 4. The van der Waals surface area contributed by atoms with Crippen LogP contribution in [0.15, 0.2) is 65.6 Å². The summed E-state index contributed by atoms with van der Waals surface area (Å²) in [6.07, 6.45) is 12.0. The highest BCUT2D eigenvalue weighted by molar-refractivity contribution is 8.02. The third-order valence-electron chi connectivity index (χ3n) is 6.97. The number of carbonyl (C=O) groups excluding carboxylic acids is 4. The van der Waals surface area contributed by atoms with Crippen molar-refractivity contribution in [1.82, 2.24) is 4.90 Å². The molecule has 1 saturated heterocycles. The number of thioether (sulfide) groups is 1. The van der Waals surface area contributed by atoms with Crippen LogP contribution in [0.4, 0.5) is 4.79 Å². The van der Waals surface area contributed by atoms with Gasteiger partial charge >= 0.3 is 18.0 Å². The normalized spacial score (nSPS) is 15.9. The standard InChI is InChI=1S/C32H43NO7S/c1-5-7-8-9-10-11-12-16-19-26(24-41-6-2)32(29(35)38-3,30(36)39-4)21-20-28(34)33-27(23-40-31(33)37)22-25-17-14-13-15-18-25/h5,7,13-19,24,27H,6,8-12,20-23H2,1-4H3/b7-5+,19-16+,26-24-/t27-/m0/s1. The maximum atomic E-state index is 13.4. The Balaban J connectivity index is 2.29. The van der Waals surface area contributed by atoms with Crippen LogP contribution in [0.5, 0.6) is 0 Å². The molecule has 0 spiro atoms. The monoisotopic (exact) mass is 585 g/mol. The fourth-order valence-corrected chi connectivity index (χ4v) is 5.39. The summed E-state index contributed by atoms with van der Waals surface area (Å²) < 4.78 is 15.4. The summed E-state index contributed by atoms with van der Waals surface area (Å²) in [4.78, 5) is 53.8. The molecule has 1 aliphatic heterocycles. The van der Waals surface area contributed by atoms with Gasteiger partial charge in [-0.1, -0.05) is 68.0 Å². The van der Waals surface area contributed by atoms with Gasteiger partial charge < -0.3 is 14.2 Å². The van der Waals surface area contributed by atoms with Gasteiger partial charge in [-0.15, -0.1) is 11.8 Å². The topological polar surface area (TPSA) is 99.2 Å². The minimum atomic E-state index is -1.87. The van der Waals surface area contributed by atoms with Gasteiger partial charge in [-0.05, 0) is 67.7 Å². The lowest BCUT2D eigenvalue weighted by atomic mass is 9.76. The molecule has 224 valence electrons. The molecule has 8 nitrogen and oxygen atoms in total. The molecule has 0 N–H and O–H groups in total. The predicted octanol–water partition coefficient (Wildman–Crippen LogP) is 6.41. The summed E-state index contributed by atoms with van der Waals surface area (Å²) in [6.45, 7) is 4.04. The van der Waals surface area contributed by atoms with E-state index < -0.39 is 35.4 Å². The SMILES string of the molecule is C/C=C/CCCCC/C=C/C(=C/SCC)C(CCC(=O)N1C(=O)OC[C@@H]1Cc1ccccc1)(C(=O)OC)C(=O)OC. The van der Waals surface area contributed by atoms with E-state index in [1.807, 2.05) is 56.3 Å². The highest BCUT2D eigenvalue weighted by Crippen LogP contribution is 2.39. The number of esters is 2. The maximum absolute atomic E-state index is 13.4. The van der Waals surface area contributed by atoms with Crippen molar-refractivity contribution in [1.29, 1.82) is 0 Å². The van der Waals surface area contributed by atoms with E-state index in [1.54, 1.807) is 11.5 Å². The van der Waals surface area contributed by atoms with Crippen molar-refractivity contribution >= 4 is 35.7 Å². The van der Waals surface area contributed by atoms with Crippen LogP contribution >= 0.6 is 11.8 Å². The van der Waals surface area contributed by atoms with E-state index in [-0.39, 0.29) is 19.4 Å². The average molecular weight is 586 g/mol. The Hall–Kier alpha value is -3.33. The number of hydrogen-bond donors (Lipinski definition) is 0. The van der Waals surface area contributed by atoms with Crippen molar-refractivity contribution in [2.75, 3.05) is 26.6 Å². The number of rotatable bonds is 17. The molecule has 0 unspecified atom stereocenters. The molecule has 1 aromatic rings. The first kappa shape index (κ1) is 33.9. The van der Waals surface area contributed by atoms with Crippen LogP contribution in [0.1, 0.15) is 64.4 Å². The van der Waals surface area contributed by atoms with E-state index in [0.717, 1.165) is 42.6 Å². The van der Waals surface area contributed by atoms with E-state index in [9.17, 15) is 19.2 Å². The molecule has 0 aliphatic carbocycles. The quantitative estimate of drug-likeness (QED) is 0.0517. The van der Waals surface area contributed by atoms with Crippen molar-refractivity contribution < 1.29 is 33.4 Å². The summed E-state index contributed by atoms with van der Waals surface area (Å²) in [5, 5.41) is 1.75. The van der Waals surface area contributed by atoms with Gasteiger partial charge in [0.05, 0.1) is 20.3 Å². The van der Waals surface area contributed by atoms with Crippen LogP contribution in [0.3, 0.4) is 0 Å². The number of imide groups is 1.